The molecule has 8 heteroatoms. The third-order valence-electron chi connectivity index (χ3n) is 3.75. The fourth-order valence-corrected chi connectivity index (χ4v) is 4.05. The smallest absolute Gasteiger partial charge is 0.293 e. The zero-order valence-electron chi connectivity index (χ0n) is 14.2. The van der Waals surface area contributed by atoms with Crippen molar-refractivity contribution in [2.45, 2.75) is 6.54 Å². The largest absolute Gasteiger partial charge is 0.478 e. The normalized spacial score (nSPS) is 15.2. The van der Waals surface area contributed by atoms with Gasteiger partial charge in [0.25, 0.3) is 11.1 Å². The number of hydrogen-bond acceptors (Lipinski definition) is 4. The van der Waals surface area contributed by atoms with Crippen molar-refractivity contribution < 1.29 is 14.3 Å². The van der Waals surface area contributed by atoms with Gasteiger partial charge in [-0.25, -0.2) is 0 Å². The number of ether oxygens (including phenoxy) is 1. The number of terminal acetylenes is 1. The van der Waals surface area contributed by atoms with Crippen molar-refractivity contribution in [1.29, 1.82) is 0 Å². The van der Waals surface area contributed by atoms with Crippen LogP contribution in [0.2, 0.25) is 15.1 Å². The molecule has 0 atom stereocenters. The summed E-state index contributed by atoms with van der Waals surface area (Å²) in [7, 11) is 0. The van der Waals surface area contributed by atoms with E-state index in [0.29, 0.717) is 10.6 Å². The Balaban J connectivity index is 1.81. The van der Waals surface area contributed by atoms with E-state index in [0.717, 1.165) is 17.3 Å². The molecule has 2 aromatic carbocycles. The van der Waals surface area contributed by atoms with E-state index in [2.05, 4.69) is 5.92 Å². The van der Waals surface area contributed by atoms with Gasteiger partial charge in [-0.05, 0) is 53.2 Å². The zero-order chi connectivity index (χ0) is 20.3. The van der Waals surface area contributed by atoms with E-state index in [1.165, 1.54) is 4.90 Å². The fraction of sp³-hybridized carbons (Fsp3) is 0.100. The van der Waals surface area contributed by atoms with Gasteiger partial charge in [0.2, 0.25) is 0 Å². The van der Waals surface area contributed by atoms with E-state index >= 15 is 0 Å². The molecule has 0 spiro atoms. The first-order valence-corrected chi connectivity index (χ1v) is 9.89. The van der Waals surface area contributed by atoms with Crippen molar-refractivity contribution in [3.8, 4) is 18.1 Å². The lowest BCUT2D eigenvalue weighted by atomic mass is 10.2. The highest BCUT2D eigenvalue weighted by atomic mass is 35.5. The van der Waals surface area contributed by atoms with Crippen molar-refractivity contribution in [3.05, 3.63) is 67.5 Å². The topological polar surface area (TPSA) is 46.6 Å². The van der Waals surface area contributed by atoms with Gasteiger partial charge >= 0.3 is 0 Å². The molecule has 0 unspecified atom stereocenters. The summed E-state index contributed by atoms with van der Waals surface area (Å²) in [4.78, 5) is 26.4. The third kappa shape index (κ3) is 4.65. The Kier molecular flexibility index (Phi) is 6.58. The van der Waals surface area contributed by atoms with E-state index in [1.54, 1.807) is 42.5 Å². The molecule has 0 N–H and O–H groups in total. The highest BCUT2D eigenvalue weighted by molar-refractivity contribution is 8.18. The van der Waals surface area contributed by atoms with Crippen LogP contribution in [0.4, 0.5) is 4.79 Å². The van der Waals surface area contributed by atoms with Gasteiger partial charge in [-0.2, -0.15) is 0 Å². The first-order chi connectivity index (χ1) is 13.4. The zero-order valence-corrected chi connectivity index (χ0v) is 17.3. The summed E-state index contributed by atoms with van der Waals surface area (Å²) in [6.07, 6.45) is 6.73. The Morgan fingerprint density at radius 2 is 1.75 bits per heavy atom. The highest BCUT2D eigenvalue weighted by Crippen LogP contribution is 2.37. The first kappa shape index (κ1) is 20.6. The third-order valence-corrected chi connectivity index (χ3v) is 5.47. The van der Waals surface area contributed by atoms with E-state index in [9.17, 15) is 9.59 Å². The average molecular weight is 453 g/mol. The van der Waals surface area contributed by atoms with Crippen LogP contribution in [0, 0.1) is 12.3 Å². The second kappa shape index (κ2) is 8.93. The van der Waals surface area contributed by atoms with Gasteiger partial charge in [0.1, 0.15) is 6.61 Å². The average Bonchev–Trinajstić information content (AvgIpc) is 2.90. The number of thioether (sulfide) groups is 1. The maximum atomic E-state index is 12.6. The number of amides is 2. The van der Waals surface area contributed by atoms with E-state index in [4.69, 9.17) is 46.0 Å². The SMILES string of the molecule is C#CCOc1c(Cl)cc(C=C2SC(=O)N(Cc3ccc(Cl)cc3)C2=O)cc1Cl. The number of nitrogens with zero attached hydrogens (tertiary/aromatic N) is 1. The number of benzene rings is 2. The highest BCUT2D eigenvalue weighted by Gasteiger charge is 2.35. The predicted octanol–water partition coefficient (Wildman–Crippen LogP) is 5.90. The Labute approximate surface area is 181 Å². The fourth-order valence-electron chi connectivity index (χ4n) is 2.47. The standard InChI is InChI=1S/C20H12Cl3NO3S/c1-2-7-27-18-15(22)8-13(9-16(18)23)10-17-19(25)24(20(26)28-17)11-12-3-5-14(21)6-4-12/h1,3-6,8-10H,7,11H2. The summed E-state index contributed by atoms with van der Waals surface area (Å²) in [5.74, 6) is 2.22. The summed E-state index contributed by atoms with van der Waals surface area (Å²) in [5, 5.41) is 0.752. The Morgan fingerprint density at radius 1 is 1.11 bits per heavy atom. The van der Waals surface area contributed by atoms with E-state index in [1.807, 2.05) is 0 Å². The summed E-state index contributed by atoms with van der Waals surface area (Å²) in [6.45, 7) is 0.196. The number of hydrogen-bond donors (Lipinski definition) is 0. The van der Waals surface area contributed by atoms with Gasteiger partial charge < -0.3 is 4.74 Å². The number of carbonyl (C=O) groups is 2. The van der Waals surface area contributed by atoms with Gasteiger partial charge in [-0.1, -0.05) is 52.9 Å². The lowest BCUT2D eigenvalue weighted by molar-refractivity contribution is -0.123. The minimum Gasteiger partial charge on any atom is -0.478 e. The van der Waals surface area contributed by atoms with Gasteiger partial charge in [-0.15, -0.1) is 6.42 Å². The van der Waals surface area contributed by atoms with Crippen LogP contribution in [0.15, 0.2) is 41.3 Å². The van der Waals surface area contributed by atoms with Crippen LogP contribution < -0.4 is 4.74 Å². The minimum absolute atomic E-state index is 0.0301. The van der Waals surface area contributed by atoms with Gasteiger partial charge in [0.15, 0.2) is 5.75 Å². The lowest BCUT2D eigenvalue weighted by Crippen LogP contribution is -2.27. The van der Waals surface area contributed by atoms with Crippen LogP contribution in [0.3, 0.4) is 0 Å². The molecule has 1 fully saturated rings. The molecule has 28 heavy (non-hydrogen) atoms. The summed E-state index contributed by atoms with van der Waals surface area (Å²) >= 11 is 19.1. The summed E-state index contributed by atoms with van der Waals surface area (Å²) in [6, 6.07) is 10.1. The van der Waals surface area contributed by atoms with E-state index in [-0.39, 0.29) is 45.0 Å². The first-order valence-electron chi connectivity index (χ1n) is 7.94. The van der Waals surface area contributed by atoms with Crippen molar-refractivity contribution in [2.75, 3.05) is 6.61 Å². The van der Waals surface area contributed by atoms with Crippen LogP contribution in [0.25, 0.3) is 6.08 Å². The molecule has 1 aliphatic rings. The molecule has 142 valence electrons. The number of imide groups is 1. The Morgan fingerprint density at radius 3 is 2.36 bits per heavy atom. The number of carbonyl (C=O) groups excluding carboxylic acids is 2. The molecular formula is C20H12Cl3NO3S. The second-order valence-electron chi connectivity index (χ2n) is 5.70. The molecule has 0 aliphatic carbocycles. The molecule has 2 aromatic rings. The van der Waals surface area contributed by atoms with Crippen LogP contribution in [0.1, 0.15) is 11.1 Å². The molecule has 1 saturated heterocycles. The van der Waals surface area contributed by atoms with Crippen LogP contribution in [0.5, 0.6) is 5.75 Å². The summed E-state index contributed by atoms with van der Waals surface area (Å²) in [5.41, 5.74) is 1.37. The molecule has 0 saturated carbocycles. The number of halogens is 3. The Bertz CT molecular complexity index is 989. The van der Waals surface area contributed by atoms with Crippen LogP contribution in [-0.2, 0) is 11.3 Å². The number of rotatable bonds is 5. The minimum atomic E-state index is -0.384. The second-order valence-corrected chi connectivity index (χ2v) is 7.94. The van der Waals surface area contributed by atoms with Crippen LogP contribution in [-0.4, -0.2) is 22.7 Å². The Hall–Kier alpha value is -2.10. The van der Waals surface area contributed by atoms with Crippen molar-refractivity contribution in [1.82, 2.24) is 4.90 Å². The van der Waals surface area contributed by atoms with Crippen LogP contribution >= 0.6 is 46.6 Å². The van der Waals surface area contributed by atoms with Crippen molar-refractivity contribution in [2.24, 2.45) is 0 Å². The molecule has 1 aliphatic heterocycles. The van der Waals surface area contributed by atoms with Gasteiger partial charge in [-0.3, -0.25) is 14.5 Å². The molecular weight excluding hydrogens is 441 g/mol. The predicted molar refractivity (Wildman–Crippen MR) is 114 cm³/mol. The molecule has 0 bridgehead atoms. The molecule has 4 nitrogen and oxygen atoms in total. The van der Waals surface area contributed by atoms with Gasteiger partial charge in [0.05, 0.1) is 21.5 Å². The molecule has 1 heterocycles. The lowest BCUT2D eigenvalue weighted by Gasteiger charge is -2.12. The maximum Gasteiger partial charge on any atom is 0.293 e. The monoisotopic (exact) mass is 451 g/mol. The quantitative estimate of drug-likeness (QED) is 0.419. The molecule has 2 amide bonds. The molecule has 0 aromatic heterocycles. The molecule has 3 rings (SSSR count). The van der Waals surface area contributed by atoms with E-state index < -0.39 is 0 Å². The maximum absolute atomic E-state index is 12.6. The molecule has 0 radical (unpaired) electrons. The summed E-state index contributed by atoms with van der Waals surface area (Å²) < 4.78 is 5.31. The van der Waals surface area contributed by atoms with Gasteiger partial charge in [0, 0.05) is 5.02 Å². The van der Waals surface area contributed by atoms with Crippen molar-refractivity contribution in [3.63, 3.8) is 0 Å². The van der Waals surface area contributed by atoms with Crippen molar-refractivity contribution >= 4 is 63.8 Å².